The zero-order valence-electron chi connectivity index (χ0n) is 12.9. The van der Waals surface area contributed by atoms with E-state index in [1.54, 1.807) is 11.8 Å². The van der Waals surface area contributed by atoms with Crippen LogP contribution in [0.1, 0.15) is 37.6 Å². The molecule has 2 N–H and O–H groups in total. The zero-order chi connectivity index (χ0) is 15.9. The van der Waals surface area contributed by atoms with Crippen LogP contribution in [0.2, 0.25) is 0 Å². The summed E-state index contributed by atoms with van der Waals surface area (Å²) in [6, 6.07) is -0.268. The largest absolute Gasteiger partial charge is 0.481 e. The molecule has 3 rings (SSSR count). The van der Waals surface area contributed by atoms with E-state index in [1.807, 2.05) is 6.92 Å². The number of anilines is 1. The van der Waals surface area contributed by atoms with E-state index in [1.165, 1.54) is 0 Å². The lowest BCUT2D eigenvalue weighted by molar-refractivity contribution is -0.149. The van der Waals surface area contributed by atoms with Gasteiger partial charge in [-0.2, -0.15) is 0 Å². The molecule has 0 spiro atoms. The van der Waals surface area contributed by atoms with Gasteiger partial charge in [0.1, 0.15) is 11.4 Å². The lowest BCUT2D eigenvalue weighted by atomic mass is 9.81. The average molecular weight is 307 g/mol. The van der Waals surface area contributed by atoms with Crippen LogP contribution >= 0.6 is 0 Å². The Balaban J connectivity index is 1.75. The second kappa shape index (κ2) is 5.30. The molecule has 1 saturated carbocycles. The number of urea groups is 1. The van der Waals surface area contributed by atoms with Crippen molar-refractivity contribution >= 4 is 17.7 Å². The van der Waals surface area contributed by atoms with E-state index >= 15 is 0 Å². The molecule has 2 aliphatic rings. The van der Waals surface area contributed by atoms with Crippen molar-refractivity contribution < 1.29 is 19.2 Å². The summed E-state index contributed by atoms with van der Waals surface area (Å²) in [7, 11) is 0. The molecule has 0 unspecified atom stereocenters. The monoisotopic (exact) mass is 307 g/mol. The van der Waals surface area contributed by atoms with Crippen LogP contribution in [0.3, 0.4) is 0 Å². The number of nitrogens with zero attached hydrogens (tertiary/aromatic N) is 2. The molecular weight excluding hydrogens is 286 g/mol. The van der Waals surface area contributed by atoms with Gasteiger partial charge in [0.05, 0.1) is 5.41 Å². The topological polar surface area (TPSA) is 95.7 Å². The van der Waals surface area contributed by atoms with Crippen LogP contribution in [-0.2, 0) is 11.2 Å². The molecule has 2 atom stereocenters. The third-order valence-corrected chi connectivity index (χ3v) is 5.08. The maximum atomic E-state index is 12.5. The van der Waals surface area contributed by atoms with Gasteiger partial charge in [0, 0.05) is 13.1 Å². The molecule has 1 aromatic heterocycles. The van der Waals surface area contributed by atoms with Crippen LogP contribution < -0.4 is 5.32 Å². The van der Waals surface area contributed by atoms with E-state index in [4.69, 9.17) is 4.52 Å². The number of aliphatic carboxylic acids is 1. The SMILES string of the molecule is CCc1noc(C)c1NC(=O)N1C[C@@H]2CCC[C@@]2(C(=O)O)C1. The van der Waals surface area contributed by atoms with Crippen LogP contribution in [0, 0.1) is 18.3 Å². The van der Waals surface area contributed by atoms with Crippen LogP contribution in [0.4, 0.5) is 10.5 Å². The van der Waals surface area contributed by atoms with Crippen molar-refractivity contribution in [2.45, 2.75) is 39.5 Å². The van der Waals surface area contributed by atoms with Gasteiger partial charge in [-0.1, -0.05) is 18.5 Å². The van der Waals surface area contributed by atoms with Gasteiger partial charge >= 0.3 is 12.0 Å². The van der Waals surface area contributed by atoms with Crippen LogP contribution in [0.25, 0.3) is 0 Å². The van der Waals surface area contributed by atoms with E-state index in [2.05, 4.69) is 10.5 Å². The van der Waals surface area contributed by atoms with Crippen LogP contribution in [-0.4, -0.2) is 40.3 Å². The number of hydrogen-bond donors (Lipinski definition) is 2. The third-order valence-electron chi connectivity index (χ3n) is 5.08. The fourth-order valence-electron chi connectivity index (χ4n) is 3.80. The van der Waals surface area contributed by atoms with E-state index in [9.17, 15) is 14.7 Å². The van der Waals surface area contributed by atoms with Crippen molar-refractivity contribution in [2.24, 2.45) is 11.3 Å². The number of carbonyl (C=O) groups is 2. The number of carbonyl (C=O) groups excluding carboxylic acids is 1. The summed E-state index contributed by atoms with van der Waals surface area (Å²) in [5, 5.41) is 16.3. The van der Waals surface area contributed by atoms with Gasteiger partial charge in [-0.25, -0.2) is 4.79 Å². The number of hydrogen-bond acceptors (Lipinski definition) is 4. The van der Waals surface area contributed by atoms with Gasteiger partial charge in [-0.3, -0.25) is 4.79 Å². The number of carboxylic acids is 1. The van der Waals surface area contributed by atoms with Crippen molar-refractivity contribution in [1.29, 1.82) is 0 Å². The minimum atomic E-state index is -0.777. The van der Waals surface area contributed by atoms with Gasteiger partial charge in [-0.15, -0.1) is 0 Å². The Morgan fingerprint density at radius 3 is 2.95 bits per heavy atom. The summed E-state index contributed by atoms with van der Waals surface area (Å²) in [5.41, 5.74) is 0.557. The average Bonchev–Trinajstić information content (AvgIpc) is 3.12. The summed E-state index contributed by atoms with van der Waals surface area (Å²) < 4.78 is 5.11. The number of amides is 2. The van der Waals surface area contributed by atoms with E-state index < -0.39 is 11.4 Å². The fourth-order valence-corrected chi connectivity index (χ4v) is 3.80. The number of fused-ring (bicyclic) bond motifs is 1. The molecule has 22 heavy (non-hydrogen) atoms. The molecule has 2 heterocycles. The zero-order valence-corrected chi connectivity index (χ0v) is 12.9. The van der Waals surface area contributed by atoms with Gasteiger partial charge in [-0.05, 0) is 32.1 Å². The Morgan fingerprint density at radius 2 is 2.32 bits per heavy atom. The Kier molecular flexibility index (Phi) is 3.58. The molecule has 2 fully saturated rings. The highest BCUT2D eigenvalue weighted by atomic mass is 16.5. The second-order valence-electron chi connectivity index (χ2n) is 6.28. The minimum Gasteiger partial charge on any atom is -0.481 e. The normalized spacial score (nSPS) is 27.0. The van der Waals surface area contributed by atoms with Crippen LogP contribution in [0.15, 0.2) is 4.52 Å². The molecule has 120 valence electrons. The summed E-state index contributed by atoms with van der Waals surface area (Å²) in [5.74, 6) is -0.150. The van der Waals surface area contributed by atoms with Gasteiger partial charge in [0.15, 0.2) is 5.76 Å². The number of aromatic nitrogens is 1. The predicted molar refractivity (Wildman–Crippen MR) is 78.6 cm³/mol. The highest BCUT2D eigenvalue weighted by Gasteiger charge is 2.55. The molecule has 1 aliphatic heterocycles. The first-order chi connectivity index (χ1) is 10.5. The quantitative estimate of drug-likeness (QED) is 0.893. The first kappa shape index (κ1) is 14.9. The number of carboxylic acid groups (broad SMARTS) is 1. The number of nitrogens with one attached hydrogen (secondary N) is 1. The summed E-state index contributed by atoms with van der Waals surface area (Å²) in [6.45, 7) is 4.47. The van der Waals surface area contributed by atoms with Gasteiger partial charge in [0.25, 0.3) is 0 Å². The fraction of sp³-hybridized carbons (Fsp3) is 0.667. The van der Waals surface area contributed by atoms with E-state index in [0.29, 0.717) is 36.5 Å². The maximum Gasteiger partial charge on any atom is 0.322 e. The summed E-state index contributed by atoms with van der Waals surface area (Å²) in [6.07, 6.45) is 3.12. The second-order valence-corrected chi connectivity index (χ2v) is 6.28. The molecule has 0 bridgehead atoms. The molecular formula is C15H21N3O4. The number of aryl methyl sites for hydroxylation is 2. The minimum absolute atomic E-state index is 0.0602. The van der Waals surface area contributed by atoms with Crippen molar-refractivity contribution in [3.63, 3.8) is 0 Å². The van der Waals surface area contributed by atoms with Crippen molar-refractivity contribution in [3.8, 4) is 0 Å². The smallest absolute Gasteiger partial charge is 0.322 e. The number of likely N-dealkylation sites (tertiary alicyclic amines) is 1. The molecule has 7 nitrogen and oxygen atoms in total. The third kappa shape index (κ3) is 2.15. The van der Waals surface area contributed by atoms with E-state index in [0.717, 1.165) is 12.8 Å². The summed E-state index contributed by atoms with van der Waals surface area (Å²) >= 11 is 0. The molecule has 2 amide bonds. The lowest BCUT2D eigenvalue weighted by Gasteiger charge is -2.23. The molecule has 1 aliphatic carbocycles. The Bertz CT molecular complexity index is 612. The first-order valence-corrected chi connectivity index (χ1v) is 7.72. The molecule has 0 radical (unpaired) electrons. The predicted octanol–water partition coefficient (Wildman–Crippen LogP) is 2.26. The number of rotatable bonds is 3. The van der Waals surface area contributed by atoms with Crippen molar-refractivity contribution in [2.75, 3.05) is 18.4 Å². The van der Waals surface area contributed by atoms with Crippen molar-refractivity contribution in [3.05, 3.63) is 11.5 Å². The molecule has 7 heteroatoms. The molecule has 0 aromatic carbocycles. The molecule has 1 saturated heterocycles. The van der Waals surface area contributed by atoms with Gasteiger partial charge < -0.3 is 19.8 Å². The highest BCUT2D eigenvalue weighted by Crippen LogP contribution is 2.49. The standard InChI is InChI=1S/C15H21N3O4/c1-3-11-12(9(2)22-17-11)16-14(21)18-7-10-5-4-6-15(10,8-18)13(19)20/h10H,3-8H2,1-2H3,(H,16,21)(H,19,20)/t10-,15+/m0/s1. The van der Waals surface area contributed by atoms with E-state index in [-0.39, 0.29) is 18.5 Å². The maximum absolute atomic E-state index is 12.5. The van der Waals surface area contributed by atoms with Crippen molar-refractivity contribution in [1.82, 2.24) is 10.1 Å². The Labute approximate surface area is 128 Å². The first-order valence-electron chi connectivity index (χ1n) is 7.72. The Hall–Kier alpha value is -2.05. The van der Waals surface area contributed by atoms with Crippen LogP contribution in [0.5, 0.6) is 0 Å². The molecule has 1 aromatic rings. The lowest BCUT2D eigenvalue weighted by Crippen LogP contribution is -2.38. The Morgan fingerprint density at radius 1 is 1.55 bits per heavy atom. The highest BCUT2D eigenvalue weighted by molar-refractivity contribution is 5.91. The summed E-state index contributed by atoms with van der Waals surface area (Å²) in [4.78, 5) is 25.8. The van der Waals surface area contributed by atoms with Gasteiger partial charge in [0.2, 0.25) is 0 Å².